The lowest BCUT2D eigenvalue weighted by molar-refractivity contribution is -0.114. The van der Waals surface area contributed by atoms with Crippen LogP contribution < -0.4 is 10.6 Å². The van der Waals surface area contributed by atoms with E-state index >= 15 is 0 Å². The van der Waals surface area contributed by atoms with Crippen molar-refractivity contribution in [2.75, 3.05) is 30.3 Å². The number of anilines is 2. The standard InChI is InChI=1S/C16H23N3O/c1-11-3-4-14(9-15(11)17-12(2)20)18-16-10-19-7-5-13(16)6-8-19/h3-4,9,13,16,18H,5-8,10H2,1-2H3,(H,17,20). The molecule has 2 bridgehead atoms. The number of rotatable bonds is 3. The molecule has 1 amide bonds. The minimum atomic E-state index is -0.0203. The maximum atomic E-state index is 11.2. The number of benzene rings is 1. The van der Waals surface area contributed by atoms with Crippen molar-refractivity contribution >= 4 is 17.3 Å². The number of hydrogen-bond donors (Lipinski definition) is 2. The summed E-state index contributed by atoms with van der Waals surface area (Å²) >= 11 is 0. The summed E-state index contributed by atoms with van der Waals surface area (Å²) in [4.78, 5) is 13.8. The van der Waals surface area contributed by atoms with Crippen LogP contribution in [0, 0.1) is 12.8 Å². The van der Waals surface area contributed by atoms with Gasteiger partial charge in [0.2, 0.25) is 5.91 Å². The fourth-order valence-corrected chi connectivity index (χ4v) is 3.38. The molecule has 1 atom stereocenters. The van der Waals surface area contributed by atoms with Crippen molar-refractivity contribution in [2.45, 2.75) is 32.7 Å². The SMILES string of the molecule is CC(=O)Nc1cc(NC2CN3CCC2CC3)ccc1C. The van der Waals surface area contributed by atoms with Gasteiger partial charge in [-0.05, 0) is 56.5 Å². The number of fused-ring (bicyclic) bond motifs is 3. The van der Waals surface area contributed by atoms with Crippen LogP contribution in [0.5, 0.6) is 0 Å². The van der Waals surface area contributed by atoms with Crippen LogP contribution in [0.25, 0.3) is 0 Å². The molecule has 3 saturated heterocycles. The minimum absolute atomic E-state index is 0.0203. The zero-order valence-electron chi connectivity index (χ0n) is 12.3. The summed E-state index contributed by atoms with van der Waals surface area (Å²) in [5.74, 6) is 0.776. The summed E-state index contributed by atoms with van der Waals surface area (Å²) in [6.45, 7) is 7.23. The molecule has 0 aliphatic carbocycles. The molecule has 0 aromatic heterocycles. The molecule has 4 nitrogen and oxygen atoms in total. The van der Waals surface area contributed by atoms with Gasteiger partial charge in [0.1, 0.15) is 0 Å². The molecule has 0 spiro atoms. The molecule has 1 aromatic carbocycles. The first-order chi connectivity index (χ1) is 9.61. The normalized spacial score (nSPS) is 28.2. The van der Waals surface area contributed by atoms with Crippen molar-refractivity contribution < 1.29 is 4.79 Å². The number of nitrogens with one attached hydrogen (secondary N) is 2. The molecule has 0 radical (unpaired) electrons. The fraction of sp³-hybridized carbons (Fsp3) is 0.562. The number of aryl methyl sites for hydroxylation is 1. The third-order valence-electron chi connectivity index (χ3n) is 4.56. The van der Waals surface area contributed by atoms with Crippen LogP contribution in [0.4, 0.5) is 11.4 Å². The predicted octanol–water partition coefficient (Wildman–Crippen LogP) is 2.46. The molecule has 3 heterocycles. The van der Waals surface area contributed by atoms with Gasteiger partial charge in [0.25, 0.3) is 0 Å². The molecule has 1 aromatic rings. The van der Waals surface area contributed by atoms with E-state index in [4.69, 9.17) is 0 Å². The monoisotopic (exact) mass is 273 g/mol. The van der Waals surface area contributed by atoms with Gasteiger partial charge in [-0.2, -0.15) is 0 Å². The average molecular weight is 273 g/mol. The van der Waals surface area contributed by atoms with E-state index in [1.807, 2.05) is 13.0 Å². The number of amides is 1. The van der Waals surface area contributed by atoms with Gasteiger partial charge in [0.05, 0.1) is 0 Å². The molecule has 3 aliphatic rings. The molecular weight excluding hydrogens is 250 g/mol. The van der Waals surface area contributed by atoms with Crippen LogP contribution in [0.2, 0.25) is 0 Å². The number of carbonyl (C=O) groups excluding carboxylic acids is 1. The van der Waals surface area contributed by atoms with Crippen molar-refractivity contribution in [2.24, 2.45) is 5.92 Å². The molecule has 2 N–H and O–H groups in total. The largest absolute Gasteiger partial charge is 0.381 e. The highest BCUT2D eigenvalue weighted by Gasteiger charge is 2.33. The second-order valence-electron chi connectivity index (χ2n) is 6.10. The first-order valence-electron chi connectivity index (χ1n) is 7.49. The Bertz CT molecular complexity index is 506. The first-order valence-corrected chi connectivity index (χ1v) is 7.49. The maximum Gasteiger partial charge on any atom is 0.221 e. The van der Waals surface area contributed by atoms with Gasteiger partial charge < -0.3 is 15.5 Å². The Balaban J connectivity index is 1.72. The smallest absolute Gasteiger partial charge is 0.221 e. The van der Waals surface area contributed by atoms with Gasteiger partial charge in [-0.15, -0.1) is 0 Å². The Labute approximate surface area is 120 Å². The van der Waals surface area contributed by atoms with Crippen LogP contribution in [-0.4, -0.2) is 36.5 Å². The van der Waals surface area contributed by atoms with E-state index in [-0.39, 0.29) is 5.91 Å². The van der Waals surface area contributed by atoms with Crippen molar-refractivity contribution in [3.8, 4) is 0 Å². The zero-order valence-corrected chi connectivity index (χ0v) is 12.3. The van der Waals surface area contributed by atoms with E-state index in [2.05, 4.69) is 27.7 Å². The molecule has 0 saturated carbocycles. The highest BCUT2D eigenvalue weighted by molar-refractivity contribution is 5.90. The Morgan fingerprint density at radius 2 is 2.05 bits per heavy atom. The van der Waals surface area contributed by atoms with Crippen LogP contribution in [-0.2, 0) is 4.79 Å². The summed E-state index contributed by atoms with van der Waals surface area (Å²) in [5, 5.41) is 6.56. The maximum absolute atomic E-state index is 11.2. The van der Waals surface area contributed by atoms with Crippen molar-refractivity contribution in [3.63, 3.8) is 0 Å². The lowest BCUT2D eigenvalue weighted by Gasteiger charge is -2.45. The molecular formula is C16H23N3O. The molecule has 3 fully saturated rings. The van der Waals surface area contributed by atoms with Gasteiger partial charge in [-0.1, -0.05) is 6.07 Å². The van der Waals surface area contributed by atoms with E-state index in [0.29, 0.717) is 6.04 Å². The second kappa shape index (κ2) is 5.44. The van der Waals surface area contributed by atoms with Crippen molar-refractivity contribution in [1.29, 1.82) is 0 Å². The number of carbonyl (C=O) groups is 1. The van der Waals surface area contributed by atoms with Crippen LogP contribution in [0.15, 0.2) is 18.2 Å². The van der Waals surface area contributed by atoms with Gasteiger partial charge in [0.15, 0.2) is 0 Å². The minimum Gasteiger partial charge on any atom is -0.381 e. The molecule has 3 aliphatic heterocycles. The molecule has 1 unspecified atom stereocenters. The van der Waals surface area contributed by atoms with Crippen molar-refractivity contribution in [1.82, 2.24) is 4.90 Å². The zero-order chi connectivity index (χ0) is 14.1. The van der Waals surface area contributed by atoms with Crippen LogP contribution >= 0.6 is 0 Å². The third kappa shape index (κ3) is 2.80. The lowest BCUT2D eigenvalue weighted by atomic mass is 9.84. The van der Waals surface area contributed by atoms with E-state index in [9.17, 15) is 4.79 Å². The topological polar surface area (TPSA) is 44.4 Å². The van der Waals surface area contributed by atoms with E-state index in [0.717, 1.165) is 29.4 Å². The Kier molecular flexibility index (Phi) is 3.66. The third-order valence-corrected chi connectivity index (χ3v) is 4.56. The van der Waals surface area contributed by atoms with Crippen LogP contribution in [0.3, 0.4) is 0 Å². The number of piperidine rings is 3. The van der Waals surface area contributed by atoms with Gasteiger partial charge in [-0.25, -0.2) is 0 Å². The molecule has 4 heteroatoms. The highest BCUT2D eigenvalue weighted by atomic mass is 16.1. The Morgan fingerprint density at radius 3 is 2.65 bits per heavy atom. The molecule has 108 valence electrons. The lowest BCUT2D eigenvalue weighted by Crippen LogP contribution is -2.53. The summed E-state index contributed by atoms with van der Waals surface area (Å²) < 4.78 is 0. The Hall–Kier alpha value is -1.55. The summed E-state index contributed by atoms with van der Waals surface area (Å²) in [6, 6.07) is 6.77. The van der Waals surface area contributed by atoms with E-state index in [1.165, 1.54) is 25.9 Å². The number of nitrogens with zero attached hydrogens (tertiary/aromatic N) is 1. The second-order valence-corrected chi connectivity index (χ2v) is 6.10. The van der Waals surface area contributed by atoms with Gasteiger partial charge in [-0.3, -0.25) is 4.79 Å². The molecule has 20 heavy (non-hydrogen) atoms. The molecule has 4 rings (SSSR count). The van der Waals surface area contributed by atoms with Gasteiger partial charge in [0, 0.05) is 30.9 Å². The number of hydrogen-bond acceptors (Lipinski definition) is 3. The first kappa shape index (κ1) is 13.4. The van der Waals surface area contributed by atoms with Gasteiger partial charge >= 0.3 is 0 Å². The predicted molar refractivity (Wildman–Crippen MR) is 82.1 cm³/mol. The quantitative estimate of drug-likeness (QED) is 0.889. The van der Waals surface area contributed by atoms with E-state index in [1.54, 1.807) is 6.92 Å². The summed E-state index contributed by atoms with van der Waals surface area (Å²) in [6.07, 6.45) is 2.62. The summed E-state index contributed by atoms with van der Waals surface area (Å²) in [7, 11) is 0. The average Bonchev–Trinajstić information content (AvgIpc) is 2.43. The highest BCUT2D eigenvalue weighted by Crippen LogP contribution is 2.30. The Morgan fingerprint density at radius 1 is 1.30 bits per heavy atom. The van der Waals surface area contributed by atoms with Crippen molar-refractivity contribution in [3.05, 3.63) is 23.8 Å². The van der Waals surface area contributed by atoms with Crippen LogP contribution in [0.1, 0.15) is 25.3 Å². The fourth-order valence-electron chi connectivity index (χ4n) is 3.38. The van der Waals surface area contributed by atoms with E-state index < -0.39 is 0 Å². The summed E-state index contributed by atoms with van der Waals surface area (Å²) in [5.41, 5.74) is 3.11.